The highest BCUT2D eigenvalue weighted by atomic mass is 32.1. The Kier molecular flexibility index (Phi) is 9.59. The van der Waals surface area contributed by atoms with Gasteiger partial charge in [0.2, 0.25) is 0 Å². The molecule has 10 aromatic carbocycles. The van der Waals surface area contributed by atoms with Gasteiger partial charge in [0.1, 0.15) is 0 Å². The van der Waals surface area contributed by atoms with Crippen molar-refractivity contribution in [2.75, 3.05) is 4.90 Å². The summed E-state index contributed by atoms with van der Waals surface area (Å²) >= 11 is 1.88. The number of hydrogen-bond donors (Lipinski definition) is 0. The fourth-order valence-electron chi connectivity index (χ4n) is 11.0. The lowest BCUT2D eigenvalue weighted by Gasteiger charge is -2.31. The highest BCUT2D eigenvalue weighted by molar-refractivity contribution is 7.26. The van der Waals surface area contributed by atoms with E-state index >= 15 is 0 Å². The molecule has 1 atom stereocenters. The molecule has 2 heterocycles. The van der Waals surface area contributed by atoms with Crippen LogP contribution in [0.2, 0.25) is 0 Å². The zero-order valence-electron chi connectivity index (χ0n) is 37.7. The number of thiophene rings is 1. The van der Waals surface area contributed by atoms with Gasteiger partial charge >= 0.3 is 0 Å². The molecule has 1 aliphatic rings. The molecule has 0 amide bonds. The third-order valence-corrected chi connectivity index (χ3v) is 15.4. The minimum Gasteiger partial charge on any atom is -0.330 e. The summed E-state index contributed by atoms with van der Waals surface area (Å²) in [6.07, 6.45) is 9.95. The van der Waals surface area contributed by atoms with Gasteiger partial charge in [-0.05, 0) is 100.0 Å². The Balaban J connectivity index is 0.990. The summed E-state index contributed by atoms with van der Waals surface area (Å²) in [4.78, 5) is 2.45. The number of benzene rings is 10. The van der Waals surface area contributed by atoms with E-state index in [0.29, 0.717) is 0 Å². The van der Waals surface area contributed by atoms with E-state index in [0.717, 1.165) is 23.5 Å². The van der Waals surface area contributed by atoms with Crippen molar-refractivity contribution in [3.8, 4) is 44.5 Å². The van der Waals surface area contributed by atoms with Gasteiger partial charge in [0, 0.05) is 59.0 Å². The summed E-state index contributed by atoms with van der Waals surface area (Å²) in [6, 6.07) is 82.8. The molecule has 0 aliphatic heterocycles. The lowest BCUT2D eigenvalue weighted by Crippen LogP contribution is -2.28. The molecule has 0 N–H and O–H groups in total. The minimum absolute atomic E-state index is 0.205. The van der Waals surface area contributed by atoms with Gasteiger partial charge in [-0.3, -0.25) is 0 Å². The van der Waals surface area contributed by atoms with Gasteiger partial charge in [-0.25, -0.2) is 0 Å². The number of nitrogens with zero attached hydrogens (tertiary/aromatic N) is 2. The van der Waals surface area contributed by atoms with E-state index in [9.17, 15) is 0 Å². The summed E-state index contributed by atoms with van der Waals surface area (Å²) in [5.41, 5.74) is 15.3. The lowest BCUT2D eigenvalue weighted by atomic mass is 9.90. The molecule has 13 rings (SSSR count). The molecule has 0 saturated heterocycles. The van der Waals surface area contributed by atoms with Crippen LogP contribution in [0.15, 0.2) is 249 Å². The fraction of sp³-hybridized carbons (Fsp3) is 0.0462. The van der Waals surface area contributed by atoms with Crippen molar-refractivity contribution < 1.29 is 0 Å². The topological polar surface area (TPSA) is 8.17 Å². The van der Waals surface area contributed by atoms with Crippen LogP contribution in [0, 0.1) is 0 Å². The van der Waals surface area contributed by atoms with E-state index in [1.807, 2.05) is 11.3 Å². The number of allylic oxidation sites excluding steroid dienone is 4. The number of para-hydroxylation sites is 3. The van der Waals surface area contributed by atoms with Crippen LogP contribution in [0.25, 0.3) is 97.3 Å². The fourth-order valence-corrected chi connectivity index (χ4v) is 12.2. The van der Waals surface area contributed by atoms with Gasteiger partial charge in [-0.1, -0.05) is 206 Å². The lowest BCUT2D eigenvalue weighted by molar-refractivity contribution is 0.438. The Labute approximate surface area is 400 Å². The third-order valence-electron chi connectivity index (χ3n) is 14.1. The molecule has 2 nitrogen and oxygen atoms in total. The van der Waals surface area contributed by atoms with Crippen LogP contribution in [0.3, 0.4) is 0 Å². The van der Waals surface area contributed by atoms with Crippen LogP contribution >= 0.6 is 11.3 Å². The van der Waals surface area contributed by atoms with Crippen molar-refractivity contribution in [1.82, 2.24) is 4.57 Å². The van der Waals surface area contributed by atoms with Gasteiger partial charge in [-0.2, -0.15) is 0 Å². The summed E-state index contributed by atoms with van der Waals surface area (Å²) < 4.78 is 5.22. The smallest absolute Gasteiger partial charge is 0.0643 e. The van der Waals surface area contributed by atoms with E-state index in [-0.39, 0.29) is 5.54 Å². The van der Waals surface area contributed by atoms with Crippen LogP contribution in [-0.2, 0) is 5.54 Å². The second kappa shape index (κ2) is 16.3. The maximum Gasteiger partial charge on any atom is 0.0643 e. The molecule has 1 aliphatic carbocycles. The van der Waals surface area contributed by atoms with E-state index in [2.05, 4.69) is 265 Å². The second-order valence-corrected chi connectivity index (χ2v) is 19.3. The van der Waals surface area contributed by atoms with E-state index < -0.39 is 0 Å². The molecule has 322 valence electrons. The van der Waals surface area contributed by atoms with E-state index in [4.69, 9.17) is 0 Å². The first-order valence-corrected chi connectivity index (χ1v) is 24.4. The van der Waals surface area contributed by atoms with Crippen molar-refractivity contribution in [2.24, 2.45) is 0 Å². The number of fused-ring (bicyclic) bond motifs is 7. The molecular weight excluding hydrogens is 841 g/mol. The standard InChI is InChI=1S/C65H46N2S/c1-65(42-12-3-13-43-65)67-60-32-10-7-23-54(60)57-29-16-26-51(63(57)67)45-34-38-48(39-35-45)66(49-40-36-46(37-41-49)52-27-17-30-58-55-24-8-11-33-61(55)68-64(52)58)59-31-9-6-22-53(59)56-28-15-21-47-20-14-25-50(62(47)56)44-18-4-2-5-19-44/h2-42H,43H2,1H3. The molecule has 0 spiro atoms. The first kappa shape index (κ1) is 40.1. The maximum atomic E-state index is 2.58. The van der Waals surface area contributed by atoms with Gasteiger partial charge in [0.25, 0.3) is 0 Å². The van der Waals surface area contributed by atoms with Crippen LogP contribution in [-0.4, -0.2) is 4.57 Å². The Hall–Kier alpha value is -8.24. The van der Waals surface area contributed by atoms with Crippen molar-refractivity contribution in [1.29, 1.82) is 0 Å². The molecule has 0 fully saturated rings. The number of rotatable bonds is 8. The molecule has 12 aromatic rings. The summed E-state index contributed by atoms with van der Waals surface area (Å²) in [6.45, 7) is 2.36. The van der Waals surface area contributed by atoms with Crippen LogP contribution in [0.5, 0.6) is 0 Å². The highest BCUT2D eigenvalue weighted by Gasteiger charge is 2.29. The van der Waals surface area contributed by atoms with Crippen LogP contribution < -0.4 is 4.90 Å². The molecular formula is C65H46N2S. The number of anilines is 3. The molecule has 0 radical (unpaired) electrons. The van der Waals surface area contributed by atoms with Gasteiger partial charge in [0.15, 0.2) is 0 Å². The zero-order chi connectivity index (χ0) is 45.2. The summed E-state index contributed by atoms with van der Waals surface area (Å²) in [5.74, 6) is 0. The number of aromatic nitrogens is 1. The van der Waals surface area contributed by atoms with Gasteiger partial charge in [-0.15, -0.1) is 11.3 Å². The molecule has 0 bridgehead atoms. The molecule has 2 aromatic heterocycles. The molecule has 1 unspecified atom stereocenters. The van der Waals surface area contributed by atoms with Crippen LogP contribution in [0.4, 0.5) is 17.1 Å². The van der Waals surface area contributed by atoms with Crippen LogP contribution in [0.1, 0.15) is 13.3 Å². The largest absolute Gasteiger partial charge is 0.330 e. The zero-order valence-corrected chi connectivity index (χ0v) is 38.5. The second-order valence-electron chi connectivity index (χ2n) is 18.2. The van der Waals surface area contributed by atoms with E-state index in [1.54, 1.807) is 0 Å². The molecule has 68 heavy (non-hydrogen) atoms. The van der Waals surface area contributed by atoms with Crippen molar-refractivity contribution in [2.45, 2.75) is 18.9 Å². The third kappa shape index (κ3) is 6.53. The average molecular weight is 887 g/mol. The van der Waals surface area contributed by atoms with E-state index in [1.165, 1.54) is 97.3 Å². The maximum absolute atomic E-state index is 2.58. The number of hydrogen-bond acceptors (Lipinski definition) is 2. The normalized spacial score (nSPS) is 14.7. The summed E-state index contributed by atoms with van der Waals surface area (Å²) in [7, 11) is 0. The van der Waals surface area contributed by atoms with Crippen molar-refractivity contribution >= 4 is 81.1 Å². The van der Waals surface area contributed by atoms with Crippen molar-refractivity contribution in [3.63, 3.8) is 0 Å². The SMILES string of the molecule is CC1(n2c3ccccc3c3cccc(-c4ccc(N(c5ccc(-c6cccc7c6sc6ccccc67)cc5)c5ccccc5-c5cccc6cccc(-c7ccccc7)c56)cc4)c32)C=CC=CC1. The molecule has 0 saturated carbocycles. The van der Waals surface area contributed by atoms with Gasteiger partial charge in [0.05, 0.1) is 16.7 Å². The van der Waals surface area contributed by atoms with Gasteiger partial charge < -0.3 is 9.47 Å². The predicted molar refractivity (Wildman–Crippen MR) is 293 cm³/mol. The monoisotopic (exact) mass is 886 g/mol. The quantitative estimate of drug-likeness (QED) is 0.148. The predicted octanol–water partition coefficient (Wildman–Crippen LogP) is 18.7. The Morgan fingerprint density at radius 3 is 1.78 bits per heavy atom. The first-order valence-electron chi connectivity index (χ1n) is 23.6. The highest BCUT2D eigenvalue weighted by Crippen LogP contribution is 2.47. The first-order chi connectivity index (χ1) is 33.6. The summed E-state index contributed by atoms with van der Waals surface area (Å²) in [5, 5.41) is 7.65. The minimum atomic E-state index is -0.205. The average Bonchev–Trinajstić information content (AvgIpc) is 3.96. The Morgan fingerprint density at radius 1 is 0.441 bits per heavy atom. The van der Waals surface area contributed by atoms with Crippen molar-refractivity contribution in [3.05, 3.63) is 249 Å². The molecule has 3 heteroatoms. The Bertz CT molecular complexity index is 3940. The Morgan fingerprint density at radius 2 is 1.01 bits per heavy atom.